The van der Waals surface area contributed by atoms with Crippen LogP contribution in [0.1, 0.15) is 22.2 Å². The largest absolute Gasteiger partial charge is 0.380 e. The molecule has 0 aliphatic rings. The van der Waals surface area contributed by atoms with Gasteiger partial charge in [-0.25, -0.2) is 0 Å². The predicted octanol–water partition coefficient (Wildman–Crippen LogP) is 5.16. The lowest BCUT2D eigenvalue weighted by molar-refractivity contribution is 0.100. The molecule has 0 saturated carbocycles. The summed E-state index contributed by atoms with van der Waals surface area (Å²) in [4.78, 5) is 17.9. The van der Waals surface area contributed by atoms with E-state index in [0.717, 1.165) is 15.8 Å². The van der Waals surface area contributed by atoms with Crippen molar-refractivity contribution in [3.63, 3.8) is 0 Å². The summed E-state index contributed by atoms with van der Waals surface area (Å²) in [5, 5.41) is 0.693. The average molecular weight is 415 g/mol. The molecule has 1 aromatic carbocycles. The van der Waals surface area contributed by atoms with Crippen molar-refractivity contribution in [1.82, 2.24) is 4.57 Å². The Morgan fingerprint density at radius 3 is 2.72 bits per heavy atom. The number of hydrogen-bond donors (Lipinski definition) is 0. The molecule has 0 aliphatic carbocycles. The number of carbonyl (C=O) groups is 1. The molecule has 25 heavy (non-hydrogen) atoms. The van der Waals surface area contributed by atoms with Gasteiger partial charge in [-0.1, -0.05) is 34.5 Å². The van der Waals surface area contributed by atoms with Crippen molar-refractivity contribution in [2.75, 3.05) is 13.2 Å². The number of fused-ring (bicyclic) bond motifs is 1. The van der Waals surface area contributed by atoms with Crippen LogP contribution in [-0.4, -0.2) is 23.7 Å². The van der Waals surface area contributed by atoms with E-state index in [1.165, 1.54) is 22.7 Å². The van der Waals surface area contributed by atoms with E-state index < -0.39 is 0 Å². The van der Waals surface area contributed by atoms with Crippen LogP contribution >= 0.6 is 45.9 Å². The summed E-state index contributed by atoms with van der Waals surface area (Å²) in [5.41, 5.74) is 1.97. The van der Waals surface area contributed by atoms with Crippen LogP contribution < -0.4 is 4.80 Å². The van der Waals surface area contributed by atoms with Crippen LogP contribution in [0.2, 0.25) is 9.36 Å². The molecule has 0 bridgehead atoms. The van der Waals surface area contributed by atoms with E-state index in [1.54, 1.807) is 12.1 Å². The second kappa shape index (κ2) is 8.01. The quantitative estimate of drug-likeness (QED) is 0.541. The highest BCUT2D eigenvalue weighted by Gasteiger charge is 2.13. The highest BCUT2D eigenvalue weighted by Crippen LogP contribution is 2.27. The van der Waals surface area contributed by atoms with Gasteiger partial charge in [-0.05, 0) is 43.7 Å². The first-order valence-electron chi connectivity index (χ1n) is 7.72. The van der Waals surface area contributed by atoms with Crippen molar-refractivity contribution in [2.45, 2.75) is 20.4 Å². The molecule has 8 heteroatoms. The van der Waals surface area contributed by atoms with Gasteiger partial charge in [0.1, 0.15) is 0 Å². The third kappa shape index (κ3) is 3.99. The number of hydrogen-bond acceptors (Lipinski definition) is 4. The molecule has 132 valence electrons. The number of rotatable bonds is 5. The molecule has 2 aromatic heterocycles. The summed E-state index contributed by atoms with van der Waals surface area (Å²) in [6, 6.07) is 7.22. The number of amides is 1. The highest BCUT2D eigenvalue weighted by atomic mass is 35.5. The zero-order chi connectivity index (χ0) is 18.0. The van der Waals surface area contributed by atoms with Gasteiger partial charge >= 0.3 is 0 Å². The number of aromatic nitrogens is 1. The number of nitrogens with zero attached hydrogens (tertiary/aromatic N) is 2. The fourth-order valence-electron chi connectivity index (χ4n) is 2.48. The molecule has 0 N–H and O–H groups in total. The van der Waals surface area contributed by atoms with Crippen LogP contribution in [0.25, 0.3) is 10.2 Å². The van der Waals surface area contributed by atoms with Crippen molar-refractivity contribution in [2.24, 2.45) is 4.99 Å². The maximum Gasteiger partial charge on any atom is 0.289 e. The Labute approximate surface area is 163 Å². The lowest BCUT2D eigenvalue weighted by atomic mass is 10.2. The van der Waals surface area contributed by atoms with Gasteiger partial charge in [0.2, 0.25) is 0 Å². The van der Waals surface area contributed by atoms with Crippen LogP contribution in [0.15, 0.2) is 29.3 Å². The van der Waals surface area contributed by atoms with Crippen molar-refractivity contribution in [3.8, 4) is 0 Å². The van der Waals surface area contributed by atoms with E-state index in [1.807, 2.05) is 30.5 Å². The molecule has 0 spiro atoms. The Hall–Kier alpha value is -1.18. The maximum atomic E-state index is 12.5. The smallest absolute Gasteiger partial charge is 0.289 e. The second-order valence-corrected chi connectivity index (χ2v) is 8.40. The van der Waals surface area contributed by atoms with E-state index in [4.69, 9.17) is 27.9 Å². The third-order valence-electron chi connectivity index (χ3n) is 3.67. The molecule has 0 fully saturated rings. The predicted molar refractivity (Wildman–Crippen MR) is 105 cm³/mol. The SMILES string of the molecule is CCOCCn1c(=NC(=O)c2ccc(Cl)s2)sc2ccc(Cl)c(C)c21. The summed E-state index contributed by atoms with van der Waals surface area (Å²) in [6.45, 7) is 5.71. The number of benzene rings is 1. The monoisotopic (exact) mass is 414 g/mol. The van der Waals surface area contributed by atoms with Crippen LogP contribution in [0, 0.1) is 6.92 Å². The van der Waals surface area contributed by atoms with Gasteiger partial charge in [0.25, 0.3) is 5.91 Å². The number of carbonyl (C=O) groups excluding carboxylic acids is 1. The molecule has 3 aromatic rings. The fraction of sp³-hybridized carbons (Fsp3) is 0.294. The standard InChI is InChI=1S/C17H16Cl2N2O2S2/c1-3-23-9-8-21-15-10(2)11(18)4-5-12(15)25-17(21)20-16(22)13-6-7-14(19)24-13/h4-7H,3,8-9H2,1-2H3. The minimum absolute atomic E-state index is 0.294. The number of aryl methyl sites for hydroxylation is 1. The molecule has 0 aliphatic heterocycles. The Bertz CT molecular complexity index is 988. The Morgan fingerprint density at radius 1 is 1.24 bits per heavy atom. The van der Waals surface area contributed by atoms with Gasteiger partial charge in [0.15, 0.2) is 4.80 Å². The molecule has 0 radical (unpaired) electrons. The van der Waals surface area contributed by atoms with Crippen molar-refractivity contribution in [3.05, 3.63) is 48.9 Å². The lowest BCUT2D eigenvalue weighted by Gasteiger charge is -2.08. The van der Waals surface area contributed by atoms with E-state index in [2.05, 4.69) is 4.99 Å². The fourth-order valence-corrected chi connectivity index (χ4v) is 4.67. The van der Waals surface area contributed by atoms with Gasteiger partial charge in [-0.3, -0.25) is 4.79 Å². The molecule has 4 nitrogen and oxygen atoms in total. The van der Waals surface area contributed by atoms with Gasteiger partial charge in [0.05, 0.1) is 26.0 Å². The van der Waals surface area contributed by atoms with Gasteiger partial charge in [0, 0.05) is 18.2 Å². The molecule has 2 heterocycles. The summed E-state index contributed by atoms with van der Waals surface area (Å²) in [5.74, 6) is -0.294. The van der Waals surface area contributed by atoms with E-state index in [9.17, 15) is 4.79 Å². The molecule has 0 saturated heterocycles. The van der Waals surface area contributed by atoms with Crippen LogP contribution in [0.4, 0.5) is 0 Å². The zero-order valence-corrected chi connectivity index (χ0v) is 16.9. The van der Waals surface area contributed by atoms with Gasteiger partial charge in [-0.15, -0.1) is 11.3 Å². The summed E-state index contributed by atoms with van der Waals surface area (Å²) in [7, 11) is 0. The number of halogens is 2. The number of ether oxygens (including phenoxy) is 1. The Morgan fingerprint density at radius 2 is 2.04 bits per heavy atom. The minimum Gasteiger partial charge on any atom is -0.380 e. The molecule has 3 rings (SSSR count). The number of thiophene rings is 1. The van der Waals surface area contributed by atoms with E-state index >= 15 is 0 Å². The zero-order valence-electron chi connectivity index (χ0n) is 13.7. The van der Waals surface area contributed by atoms with Crippen molar-refractivity contribution >= 4 is 62.0 Å². The van der Waals surface area contributed by atoms with Crippen LogP contribution in [-0.2, 0) is 11.3 Å². The van der Waals surface area contributed by atoms with Crippen molar-refractivity contribution < 1.29 is 9.53 Å². The number of thiazole rings is 1. The van der Waals surface area contributed by atoms with Crippen LogP contribution in [0.3, 0.4) is 0 Å². The summed E-state index contributed by atoms with van der Waals surface area (Å²) < 4.78 is 9.09. The lowest BCUT2D eigenvalue weighted by Crippen LogP contribution is -2.20. The molecular formula is C17H16Cl2N2O2S2. The molecule has 0 unspecified atom stereocenters. The normalized spacial score (nSPS) is 12.2. The maximum absolute atomic E-state index is 12.5. The summed E-state index contributed by atoms with van der Waals surface area (Å²) >= 11 is 14.9. The Kier molecular flexibility index (Phi) is 5.96. The minimum atomic E-state index is -0.294. The molecule has 0 atom stereocenters. The van der Waals surface area contributed by atoms with E-state index in [-0.39, 0.29) is 5.91 Å². The van der Waals surface area contributed by atoms with Crippen LogP contribution in [0.5, 0.6) is 0 Å². The first-order chi connectivity index (χ1) is 12.0. The first kappa shape index (κ1) is 18.6. The molecule has 1 amide bonds. The first-order valence-corrected chi connectivity index (χ1v) is 10.1. The van der Waals surface area contributed by atoms with Gasteiger partial charge in [-0.2, -0.15) is 4.99 Å². The second-order valence-electron chi connectivity index (χ2n) is 5.27. The highest BCUT2D eigenvalue weighted by molar-refractivity contribution is 7.18. The Balaban J connectivity index is 2.12. The van der Waals surface area contributed by atoms with E-state index in [0.29, 0.717) is 38.8 Å². The third-order valence-corrected chi connectivity index (χ3v) is 6.35. The molecular weight excluding hydrogens is 399 g/mol. The van der Waals surface area contributed by atoms with Crippen molar-refractivity contribution in [1.29, 1.82) is 0 Å². The summed E-state index contributed by atoms with van der Waals surface area (Å²) in [6.07, 6.45) is 0. The van der Waals surface area contributed by atoms with Gasteiger partial charge < -0.3 is 9.30 Å². The average Bonchev–Trinajstić information content (AvgIpc) is 3.16. The topological polar surface area (TPSA) is 43.6 Å².